The van der Waals surface area contributed by atoms with Crippen molar-refractivity contribution in [3.05, 3.63) is 21.6 Å². The molecule has 1 unspecified atom stereocenters. The first-order valence-corrected chi connectivity index (χ1v) is 5.11. The highest BCUT2D eigenvalue weighted by atomic mass is 32.1. The van der Waals surface area contributed by atoms with E-state index in [1.54, 1.807) is 16.7 Å². The van der Waals surface area contributed by atoms with Crippen LogP contribution in [0.4, 0.5) is 4.39 Å². The molecule has 12 heavy (non-hydrogen) atoms. The van der Waals surface area contributed by atoms with Crippen LogP contribution in [-0.2, 0) is 12.8 Å². The predicted molar refractivity (Wildman–Crippen MR) is 49.1 cm³/mol. The van der Waals surface area contributed by atoms with Crippen LogP contribution in [0, 0.1) is 5.82 Å². The van der Waals surface area contributed by atoms with Gasteiger partial charge in [-0.15, -0.1) is 11.3 Å². The zero-order chi connectivity index (χ0) is 8.55. The van der Waals surface area contributed by atoms with Gasteiger partial charge >= 0.3 is 0 Å². The molecule has 1 nitrogen and oxygen atoms in total. The highest BCUT2D eigenvalue weighted by molar-refractivity contribution is 7.10. The maximum atomic E-state index is 13.1. The van der Waals surface area contributed by atoms with Gasteiger partial charge in [-0.1, -0.05) is 0 Å². The lowest BCUT2D eigenvalue weighted by Gasteiger charge is -2.21. The highest BCUT2D eigenvalue weighted by Crippen LogP contribution is 2.28. The first-order valence-electron chi connectivity index (χ1n) is 4.23. The molecular weight excluding hydrogens is 173 g/mol. The Morgan fingerprint density at radius 3 is 3.25 bits per heavy atom. The average Bonchev–Trinajstić information content (AvgIpc) is 2.47. The second kappa shape index (κ2) is 3.15. The topological polar surface area (TPSA) is 12.0 Å². The molecule has 1 atom stereocenters. The summed E-state index contributed by atoms with van der Waals surface area (Å²) in [5.41, 5.74) is 0.964. The van der Waals surface area contributed by atoms with Gasteiger partial charge in [0, 0.05) is 21.9 Å². The minimum atomic E-state index is 0.00422. The average molecular weight is 185 g/mol. The quantitative estimate of drug-likeness (QED) is 0.705. The van der Waals surface area contributed by atoms with E-state index in [1.165, 1.54) is 4.88 Å². The summed E-state index contributed by atoms with van der Waals surface area (Å²) in [6.07, 6.45) is 2.97. The Morgan fingerprint density at radius 1 is 1.67 bits per heavy atom. The van der Waals surface area contributed by atoms with Crippen LogP contribution < -0.4 is 5.32 Å². The first-order chi connectivity index (χ1) is 5.81. The molecule has 1 aliphatic rings. The molecule has 1 aromatic heterocycles. The van der Waals surface area contributed by atoms with Crippen LogP contribution in [0.1, 0.15) is 16.9 Å². The fourth-order valence-corrected chi connectivity index (χ4v) is 2.75. The largest absolute Gasteiger partial charge is 0.317 e. The van der Waals surface area contributed by atoms with Crippen molar-refractivity contribution >= 4 is 11.3 Å². The number of halogens is 1. The van der Waals surface area contributed by atoms with Gasteiger partial charge < -0.3 is 5.32 Å². The Hall–Kier alpha value is -0.410. The molecule has 0 aromatic carbocycles. The molecule has 1 heterocycles. The zero-order valence-corrected chi connectivity index (χ0v) is 7.88. The van der Waals surface area contributed by atoms with Crippen molar-refractivity contribution in [2.75, 3.05) is 7.05 Å². The van der Waals surface area contributed by atoms with E-state index in [0.29, 0.717) is 6.04 Å². The van der Waals surface area contributed by atoms with Gasteiger partial charge in [0.1, 0.15) is 5.82 Å². The third-order valence-electron chi connectivity index (χ3n) is 2.51. The number of thiophene rings is 1. The highest BCUT2D eigenvalue weighted by Gasteiger charge is 2.21. The summed E-state index contributed by atoms with van der Waals surface area (Å²) in [5, 5.41) is 4.87. The summed E-state index contributed by atoms with van der Waals surface area (Å²) in [4.78, 5) is 1.23. The molecule has 66 valence electrons. The van der Waals surface area contributed by atoms with E-state index in [1.807, 2.05) is 7.05 Å². The normalized spacial score (nSPS) is 22.3. The summed E-state index contributed by atoms with van der Waals surface area (Å²) < 4.78 is 13.1. The molecule has 0 aliphatic heterocycles. The van der Waals surface area contributed by atoms with E-state index in [4.69, 9.17) is 0 Å². The molecule has 0 amide bonds. The van der Waals surface area contributed by atoms with Crippen LogP contribution in [0.5, 0.6) is 0 Å². The molecule has 0 radical (unpaired) electrons. The van der Waals surface area contributed by atoms with Crippen molar-refractivity contribution in [3.63, 3.8) is 0 Å². The summed E-state index contributed by atoms with van der Waals surface area (Å²) in [5.74, 6) is 0.00422. The maximum Gasteiger partial charge on any atom is 0.137 e. The van der Waals surface area contributed by atoms with E-state index in [0.717, 1.165) is 24.8 Å². The number of rotatable bonds is 1. The number of hydrogen-bond acceptors (Lipinski definition) is 2. The fourth-order valence-electron chi connectivity index (χ4n) is 1.72. The van der Waals surface area contributed by atoms with Crippen LogP contribution >= 0.6 is 11.3 Å². The van der Waals surface area contributed by atoms with Crippen molar-refractivity contribution in [3.8, 4) is 0 Å². The Labute approximate surface area is 75.6 Å². The van der Waals surface area contributed by atoms with Crippen LogP contribution in [0.25, 0.3) is 0 Å². The third kappa shape index (κ3) is 1.27. The Kier molecular flexibility index (Phi) is 2.15. The number of hydrogen-bond donors (Lipinski definition) is 1. The SMILES string of the molecule is CNC1CCc2c(F)csc2C1. The van der Waals surface area contributed by atoms with Crippen LogP contribution in [0.3, 0.4) is 0 Å². The van der Waals surface area contributed by atoms with Gasteiger partial charge in [0.2, 0.25) is 0 Å². The van der Waals surface area contributed by atoms with Crippen molar-refractivity contribution < 1.29 is 4.39 Å². The van der Waals surface area contributed by atoms with Gasteiger partial charge in [0.15, 0.2) is 0 Å². The second-order valence-electron chi connectivity index (χ2n) is 3.21. The van der Waals surface area contributed by atoms with E-state index in [9.17, 15) is 4.39 Å². The lowest BCUT2D eigenvalue weighted by molar-refractivity contribution is 0.488. The molecule has 0 saturated carbocycles. The summed E-state index contributed by atoms with van der Waals surface area (Å²) in [7, 11) is 1.97. The second-order valence-corrected chi connectivity index (χ2v) is 4.18. The maximum absolute atomic E-state index is 13.1. The van der Waals surface area contributed by atoms with Gasteiger partial charge in [-0.25, -0.2) is 4.39 Å². The van der Waals surface area contributed by atoms with Crippen molar-refractivity contribution in [1.82, 2.24) is 5.32 Å². The standard InChI is InChI=1S/C9H12FNS/c1-11-6-2-3-7-8(10)5-12-9(7)4-6/h5-6,11H,2-4H2,1H3. The first kappa shape index (κ1) is 8.20. The van der Waals surface area contributed by atoms with Gasteiger partial charge in [0.05, 0.1) is 0 Å². The van der Waals surface area contributed by atoms with Crippen molar-refractivity contribution in [1.29, 1.82) is 0 Å². The summed E-state index contributed by atoms with van der Waals surface area (Å²) in [6.45, 7) is 0. The Bertz CT molecular complexity index is 282. The van der Waals surface area contributed by atoms with E-state index >= 15 is 0 Å². The lowest BCUT2D eigenvalue weighted by Crippen LogP contribution is -2.30. The molecule has 0 bridgehead atoms. The van der Waals surface area contributed by atoms with Crippen LogP contribution in [-0.4, -0.2) is 13.1 Å². The van der Waals surface area contributed by atoms with Crippen molar-refractivity contribution in [2.24, 2.45) is 0 Å². The number of likely N-dealkylation sites (N-methyl/N-ethyl adjacent to an activating group) is 1. The van der Waals surface area contributed by atoms with Crippen LogP contribution in [0.15, 0.2) is 5.38 Å². The van der Waals surface area contributed by atoms with E-state index < -0.39 is 0 Å². The Morgan fingerprint density at radius 2 is 2.50 bits per heavy atom. The molecule has 1 aromatic rings. The molecule has 2 rings (SSSR count). The van der Waals surface area contributed by atoms with Crippen LogP contribution in [0.2, 0.25) is 0 Å². The molecular formula is C9H12FNS. The summed E-state index contributed by atoms with van der Waals surface area (Å²) >= 11 is 1.56. The minimum Gasteiger partial charge on any atom is -0.317 e. The molecule has 0 fully saturated rings. The van der Waals surface area contributed by atoms with Crippen molar-refractivity contribution in [2.45, 2.75) is 25.3 Å². The fraction of sp³-hybridized carbons (Fsp3) is 0.556. The smallest absolute Gasteiger partial charge is 0.137 e. The monoisotopic (exact) mass is 185 g/mol. The molecule has 1 aliphatic carbocycles. The molecule has 0 spiro atoms. The van der Waals surface area contributed by atoms with E-state index in [-0.39, 0.29) is 5.82 Å². The predicted octanol–water partition coefficient (Wildman–Crippen LogP) is 1.96. The third-order valence-corrected chi connectivity index (χ3v) is 3.53. The zero-order valence-electron chi connectivity index (χ0n) is 7.06. The molecule has 1 N–H and O–H groups in total. The number of fused-ring (bicyclic) bond motifs is 1. The van der Waals surface area contributed by atoms with Gasteiger partial charge in [-0.05, 0) is 26.3 Å². The molecule has 3 heteroatoms. The number of nitrogens with one attached hydrogen (secondary N) is 1. The summed E-state index contributed by atoms with van der Waals surface area (Å²) in [6, 6.07) is 0.551. The lowest BCUT2D eigenvalue weighted by atomic mass is 9.95. The van der Waals surface area contributed by atoms with Gasteiger partial charge in [-0.3, -0.25) is 0 Å². The van der Waals surface area contributed by atoms with Gasteiger partial charge in [-0.2, -0.15) is 0 Å². The minimum absolute atomic E-state index is 0.00422. The van der Waals surface area contributed by atoms with E-state index in [2.05, 4.69) is 5.32 Å². The molecule has 0 saturated heterocycles. The van der Waals surface area contributed by atoms with Gasteiger partial charge in [0.25, 0.3) is 0 Å². The Balaban J connectivity index is 2.24.